The van der Waals surface area contributed by atoms with E-state index in [4.69, 9.17) is 4.74 Å². The maximum Gasteiger partial charge on any atom is 0.273 e. The minimum Gasteiger partial charge on any atom is -0.373 e. The van der Waals surface area contributed by atoms with E-state index < -0.39 is 0 Å². The Hall–Kier alpha value is -3.23. The molecule has 1 fully saturated rings. The Morgan fingerprint density at radius 1 is 1.00 bits per heavy atom. The summed E-state index contributed by atoms with van der Waals surface area (Å²) in [5.41, 5.74) is 1.59. The maximum absolute atomic E-state index is 12.5. The van der Waals surface area contributed by atoms with Gasteiger partial charge in [-0.15, -0.1) is 0 Å². The first kappa shape index (κ1) is 22.9. The van der Waals surface area contributed by atoms with Gasteiger partial charge < -0.3 is 10.1 Å². The lowest BCUT2D eigenvalue weighted by Crippen LogP contribution is -2.44. The number of benzene rings is 2. The van der Waals surface area contributed by atoms with Crippen molar-refractivity contribution in [3.63, 3.8) is 0 Å². The van der Waals surface area contributed by atoms with Crippen molar-refractivity contribution < 1.29 is 9.53 Å². The topological polar surface area (TPSA) is 96.4 Å². The predicted octanol–water partition coefficient (Wildman–Crippen LogP) is 2.01. The highest BCUT2D eigenvalue weighted by molar-refractivity contribution is 5.80. The molecule has 2 heterocycles. The van der Waals surface area contributed by atoms with E-state index >= 15 is 0 Å². The van der Waals surface area contributed by atoms with Crippen LogP contribution in [0.2, 0.25) is 0 Å². The monoisotopic (exact) mass is 450 g/mol. The molecule has 1 amide bonds. The summed E-state index contributed by atoms with van der Waals surface area (Å²) in [6.45, 7) is 7.45. The summed E-state index contributed by atoms with van der Waals surface area (Å²) in [5.74, 6) is -0.184. The second-order valence-electron chi connectivity index (χ2n) is 8.74. The number of aromatic nitrogens is 2. The number of carbonyl (C=O) groups excluding carboxylic acids is 1. The molecule has 1 saturated heterocycles. The van der Waals surface area contributed by atoms with Gasteiger partial charge in [0.15, 0.2) is 0 Å². The molecule has 3 aromatic rings. The number of hydrogen-bond acceptors (Lipinski definition) is 5. The number of morpholine rings is 1. The molecule has 2 aromatic carbocycles. The normalized spacial score (nSPS) is 19.0. The first-order valence-electron chi connectivity index (χ1n) is 11.3. The fraction of sp³-hybridized carbons (Fsp3) is 0.400. The second-order valence-corrected chi connectivity index (χ2v) is 8.74. The lowest BCUT2D eigenvalue weighted by molar-refractivity contribution is -0.121. The van der Waals surface area contributed by atoms with Crippen LogP contribution in [0.3, 0.4) is 0 Å². The van der Waals surface area contributed by atoms with Crippen LogP contribution in [-0.4, -0.2) is 45.9 Å². The Bertz CT molecular complexity index is 1220. The smallest absolute Gasteiger partial charge is 0.273 e. The quantitative estimate of drug-likeness (QED) is 0.574. The summed E-state index contributed by atoms with van der Waals surface area (Å²) < 4.78 is 6.99. The van der Waals surface area contributed by atoms with Crippen LogP contribution in [0.15, 0.2) is 58.1 Å². The number of nitrogens with zero attached hydrogens (tertiary/aromatic N) is 2. The average molecular weight is 451 g/mol. The SMILES string of the molecule is CC1CN(Cc2ccc(CNC(=O)CCn3[nH]c(=O)c4ccccc4c3=O)cc2)CC(C)O1. The van der Waals surface area contributed by atoms with Gasteiger partial charge in [-0.2, -0.15) is 0 Å². The van der Waals surface area contributed by atoms with Gasteiger partial charge in [-0.1, -0.05) is 36.4 Å². The summed E-state index contributed by atoms with van der Waals surface area (Å²) in [7, 11) is 0. The molecule has 1 aromatic heterocycles. The number of rotatable bonds is 7. The molecular weight excluding hydrogens is 420 g/mol. The minimum atomic E-state index is -0.341. The molecule has 8 nitrogen and oxygen atoms in total. The molecule has 2 atom stereocenters. The van der Waals surface area contributed by atoms with Crippen molar-refractivity contribution in [3.05, 3.63) is 80.4 Å². The van der Waals surface area contributed by atoms with Crippen LogP contribution in [0, 0.1) is 0 Å². The van der Waals surface area contributed by atoms with Crippen molar-refractivity contribution in [1.82, 2.24) is 20.0 Å². The van der Waals surface area contributed by atoms with Gasteiger partial charge in [-0.3, -0.25) is 24.4 Å². The number of carbonyl (C=O) groups is 1. The van der Waals surface area contributed by atoms with Crippen LogP contribution in [0.5, 0.6) is 0 Å². The lowest BCUT2D eigenvalue weighted by atomic mass is 10.1. The molecule has 8 heteroatoms. The molecule has 0 aliphatic carbocycles. The van der Waals surface area contributed by atoms with E-state index in [1.807, 2.05) is 12.1 Å². The van der Waals surface area contributed by atoms with Crippen LogP contribution >= 0.6 is 0 Å². The minimum absolute atomic E-state index is 0.0969. The molecule has 0 spiro atoms. The van der Waals surface area contributed by atoms with Gasteiger partial charge in [-0.05, 0) is 37.1 Å². The highest BCUT2D eigenvalue weighted by Gasteiger charge is 2.21. The molecule has 33 heavy (non-hydrogen) atoms. The van der Waals surface area contributed by atoms with Crippen molar-refractivity contribution in [2.45, 2.75) is 52.1 Å². The maximum atomic E-state index is 12.5. The van der Waals surface area contributed by atoms with E-state index in [1.165, 1.54) is 10.2 Å². The highest BCUT2D eigenvalue weighted by Crippen LogP contribution is 2.15. The molecule has 1 aliphatic rings. The van der Waals surface area contributed by atoms with E-state index in [-0.39, 0.29) is 42.2 Å². The van der Waals surface area contributed by atoms with Crippen molar-refractivity contribution in [2.75, 3.05) is 13.1 Å². The predicted molar refractivity (Wildman–Crippen MR) is 127 cm³/mol. The van der Waals surface area contributed by atoms with Gasteiger partial charge in [0.25, 0.3) is 11.1 Å². The largest absolute Gasteiger partial charge is 0.373 e. The molecule has 2 N–H and O–H groups in total. The molecule has 174 valence electrons. The molecule has 0 bridgehead atoms. The van der Waals surface area contributed by atoms with Crippen molar-refractivity contribution in [2.24, 2.45) is 0 Å². The van der Waals surface area contributed by atoms with E-state index in [1.54, 1.807) is 24.3 Å². The average Bonchev–Trinajstić information content (AvgIpc) is 2.79. The van der Waals surface area contributed by atoms with Gasteiger partial charge in [0.05, 0.1) is 29.5 Å². The van der Waals surface area contributed by atoms with E-state index in [9.17, 15) is 14.4 Å². The molecule has 2 unspecified atom stereocenters. The van der Waals surface area contributed by atoms with Gasteiger partial charge >= 0.3 is 0 Å². The van der Waals surface area contributed by atoms with Crippen LogP contribution < -0.4 is 16.4 Å². The zero-order valence-electron chi connectivity index (χ0n) is 19.0. The number of ether oxygens (including phenoxy) is 1. The Balaban J connectivity index is 1.28. The third kappa shape index (κ3) is 5.77. The summed E-state index contributed by atoms with van der Waals surface area (Å²) in [4.78, 5) is 39.4. The zero-order valence-corrected chi connectivity index (χ0v) is 19.0. The second kappa shape index (κ2) is 10.1. The molecule has 0 saturated carbocycles. The highest BCUT2D eigenvalue weighted by atomic mass is 16.5. The lowest BCUT2D eigenvalue weighted by Gasteiger charge is -2.35. The molecule has 4 rings (SSSR count). The number of H-pyrrole nitrogens is 1. The van der Waals surface area contributed by atoms with Crippen LogP contribution in [0.4, 0.5) is 0 Å². The number of aryl methyl sites for hydroxylation is 1. The Morgan fingerprint density at radius 2 is 1.64 bits per heavy atom. The van der Waals surface area contributed by atoms with Gasteiger partial charge in [0.2, 0.25) is 5.91 Å². The summed E-state index contributed by atoms with van der Waals surface area (Å²) in [5, 5.41) is 6.13. The van der Waals surface area contributed by atoms with Gasteiger partial charge in [0.1, 0.15) is 0 Å². The first-order chi connectivity index (χ1) is 15.9. The fourth-order valence-electron chi connectivity index (χ4n) is 4.34. The van der Waals surface area contributed by atoms with Crippen LogP contribution in [-0.2, 0) is 29.2 Å². The summed E-state index contributed by atoms with van der Waals surface area (Å²) in [6.07, 6.45) is 0.581. The van der Waals surface area contributed by atoms with Gasteiger partial charge in [0, 0.05) is 32.6 Å². The van der Waals surface area contributed by atoms with Crippen molar-refractivity contribution in [1.29, 1.82) is 0 Å². The van der Waals surface area contributed by atoms with Crippen molar-refractivity contribution in [3.8, 4) is 0 Å². The molecule has 0 radical (unpaired) electrons. The summed E-state index contributed by atoms with van der Waals surface area (Å²) in [6, 6.07) is 14.9. The number of amides is 1. The third-order valence-electron chi connectivity index (χ3n) is 5.86. The fourth-order valence-corrected chi connectivity index (χ4v) is 4.34. The number of fused-ring (bicyclic) bond motifs is 1. The standard InChI is InChI=1S/C25H30N4O4/c1-17-14-28(15-18(2)33-17)16-20-9-7-19(8-10-20)13-26-23(30)11-12-29-25(32)22-6-4-3-5-21(22)24(31)27-29/h3-10,17-18H,11-16H2,1-2H3,(H,26,30)(H,27,31). The Kier molecular flexibility index (Phi) is 7.05. The number of nitrogens with one attached hydrogen (secondary N) is 2. The third-order valence-corrected chi connectivity index (χ3v) is 5.86. The number of hydrogen-bond donors (Lipinski definition) is 2. The zero-order chi connectivity index (χ0) is 23.4. The van der Waals surface area contributed by atoms with Crippen molar-refractivity contribution >= 4 is 16.7 Å². The van der Waals surface area contributed by atoms with E-state index in [2.05, 4.69) is 41.3 Å². The first-order valence-corrected chi connectivity index (χ1v) is 11.3. The number of aromatic amines is 1. The van der Waals surface area contributed by atoms with E-state index in [0.717, 1.165) is 25.2 Å². The molecular formula is C25H30N4O4. The van der Waals surface area contributed by atoms with Crippen LogP contribution in [0.25, 0.3) is 10.8 Å². The summed E-state index contributed by atoms with van der Waals surface area (Å²) >= 11 is 0. The van der Waals surface area contributed by atoms with Gasteiger partial charge in [-0.25, -0.2) is 4.68 Å². The van der Waals surface area contributed by atoms with Crippen LogP contribution in [0.1, 0.15) is 31.4 Å². The Morgan fingerprint density at radius 3 is 2.33 bits per heavy atom. The van der Waals surface area contributed by atoms with E-state index in [0.29, 0.717) is 17.3 Å². The Labute approximate surface area is 192 Å². The molecule has 1 aliphatic heterocycles.